The Morgan fingerprint density at radius 3 is 2.61 bits per heavy atom. The van der Waals surface area contributed by atoms with Gasteiger partial charge in [0.15, 0.2) is 5.69 Å². The van der Waals surface area contributed by atoms with Crippen molar-refractivity contribution in [1.29, 1.82) is 0 Å². The van der Waals surface area contributed by atoms with Crippen molar-refractivity contribution in [1.82, 2.24) is 14.7 Å². The zero-order chi connectivity index (χ0) is 17.2. The molecule has 1 aromatic heterocycles. The Morgan fingerprint density at radius 1 is 1.35 bits per heavy atom. The lowest BCUT2D eigenvalue weighted by Crippen LogP contribution is -2.28. The zero-order valence-electron chi connectivity index (χ0n) is 12.9. The van der Waals surface area contributed by atoms with Gasteiger partial charge in [-0.2, -0.15) is 18.3 Å². The summed E-state index contributed by atoms with van der Waals surface area (Å²) in [6.07, 6.45) is -3.61. The number of carbonyl (C=O) groups excluding carboxylic acids is 1. The molecule has 2 aromatic rings. The number of hydrogen-bond donors (Lipinski definition) is 0. The second-order valence-electron chi connectivity index (χ2n) is 5.04. The Kier molecular flexibility index (Phi) is 4.63. The number of benzene rings is 1. The summed E-state index contributed by atoms with van der Waals surface area (Å²) in [5.41, 5.74) is -0.961. The maximum Gasteiger partial charge on any atom is 0.435 e. The highest BCUT2D eigenvalue weighted by Gasteiger charge is 2.39. The summed E-state index contributed by atoms with van der Waals surface area (Å²) < 4.78 is 45.1. The maximum atomic E-state index is 13.0. The van der Waals surface area contributed by atoms with Crippen molar-refractivity contribution in [3.05, 3.63) is 47.3 Å². The number of methoxy groups -OCH3 is 1. The van der Waals surface area contributed by atoms with E-state index < -0.39 is 23.3 Å². The van der Waals surface area contributed by atoms with Gasteiger partial charge in [-0.3, -0.25) is 9.48 Å². The van der Waals surface area contributed by atoms with Gasteiger partial charge in [0.2, 0.25) is 0 Å². The molecular weight excluding hydrogens is 311 g/mol. The third-order valence-electron chi connectivity index (χ3n) is 3.27. The first-order valence-corrected chi connectivity index (χ1v) is 6.72. The van der Waals surface area contributed by atoms with Crippen molar-refractivity contribution in [3.63, 3.8) is 0 Å². The molecule has 124 valence electrons. The van der Waals surface area contributed by atoms with Gasteiger partial charge in [-0.1, -0.05) is 18.2 Å². The number of aromatic nitrogens is 2. The number of amides is 1. The Morgan fingerprint density at radius 2 is 2.00 bits per heavy atom. The van der Waals surface area contributed by atoms with Crippen molar-refractivity contribution in [2.45, 2.75) is 12.7 Å². The van der Waals surface area contributed by atoms with E-state index in [-0.39, 0.29) is 6.54 Å². The van der Waals surface area contributed by atoms with E-state index >= 15 is 0 Å². The molecule has 0 aliphatic heterocycles. The highest BCUT2D eigenvalue weighted by molar-refractivity contribution is 5.95. The maximum absolute atomic E-state index is 13.0. The first kappa shape index (κ1) is 16.9. The molecule has 1 aromatic carbocycles. The van der Waals surface area contributed by atoms with Gasteiger partial charge >= 0.3 is 6.18 Å². The van der Waals surface area contributed by atoms with Crippen LogP contribution in [0, 0.1) is 0 Å². The topological polar surface area (TPSA) is 47.4 Å². The van der Waals surface area contributed by atoms with Crippen LogP contribution in [0.1, 0.15) is 21.6 Å². The molecule has 5 nitrogen and oxygen atoms in total. The van der Waals surface area contributed by atoms with Gasteiger partial charge in [0.05, 0.1) is 12.7 Å². The molecule has 0 bridgehead atoms. The number of ether oxygens (including phenoxy) is 1. The number of halogens is 3. The van der Waals surface area contributed by atoms with Crippen LogP contribution in [-0.4, -0.2) is 34.7 Å². The van der Waals surface area contributed by atoms with Crippen LogP contribution in [0.2, 0.25) is 0 Å². The van der Waals surface area contributed by atoms with Gasteiger partial charge < -0.3 is 9.64 Å². The molecule has 23 heavy (non-hydrogen) atoms. The minimum Gasteiger partial charge on any atom is -0.496 e. The summed E-state index contributed by atoms with van der Waals surface area (Å²) in [5.74, 6) is -0.189. The Bertz CT molecular complexity index is 710. The summed E-state index contributed by atoms with van der Waals surface area (Å²) >= 11 is 0. The van der Waals surface area contributed by atoms with E-state index in [4.69, 9.17) is 4.74 Å². The summed E-state index contributed by atoms with van der Waals surface area (Å²) in [6.45, 7) is 0.120. The van der Waals surface area contributed by atoms with Gasteiger partial charge in [0, 0.05) is 32.4 Å². The fraction of sp³-hybridized carbons (Fsp3) is 0.333. The van der Waals surface area contributed by atoms with E-state index in [0.717, 1.165) is 10.9 Å². The van der Waals surface area contributed by atoms with E-state index in [1.165, 1.54) is 26.1 Å². The average Bonchev–Trinajstić information content (AvgIpc) is 2.89. The quantitative estimate of drug-likeness (QED) is 0.867. The molecule has 0 saturated heterocycles. The predicted octanol–water partition coefficient (Wildman–Crippen LogP) is 2.72. The molecule has 0 N–H and O–H groups in total. The Balaban J connectivity index is 2.27. The minimum absolute atomic E-state index is 0.120. The van der Waals surface area contributed by atoms with E-state index in [1.807, 2.05) is 0 Å². The van der Waals surface area contributed by atoms with Gasteiger partial charge in [-0.15, -0.1) is 0 Å². The normalized spacial score (nSPS) is 11.4. The van der Waals surface area contributed by atoms with Gasteiger partial charge in [-0.05, 0) is 6.07 Å². The fourth-order valence-electron chi connectivity index (χ4n) is 2.22. The van der Waals surface area contributed by atoms with E-state index in [9.17, 15) is 18.0 Å². The third kappa shape index (κ3) is 3.64. The first-order chi connectivity index (χ1) is 10.7. The number of alkyl halides is 3. The monoisotopic (exact) mass is 327 g/mol. The fourth-order valence-corrected chi connectivity index (χ4v) is 2.22. The SMILES string of the molecule is COc1ccccc1CN(C)C(=O)c1cn(C)nc1C(F)(F)F. The molecule has 0 spiro atoms. The molecule has 0 atom stereocenters. The van der Waals surface area contributed by atoms with Gasteiger partial charge in [0.25, 0.3) is 5.91 Å². The summed E-state index contributed by atoms with van der Waals surface area (Å²) in [5, 5.41) is 3.35. The van der Waals surface area contributed by atoms with Crippen molar-refractivity contribution >= 4 is 5.91 Å². The van der Waals surface area contributed by atoms with Crippen LogP contribution in [0.3, 0.4) is 0 Å². The van der Waals surface area contributed by atoms with Gasteiger partial charge in [0.1, 0.15) is 5.75 Å². The van der Waals surface area contributed by atoms with Crippen molar-refractivity contribution in [2.75, 3.05) is 14.2 Å². The summed E-state index contributed by atoms with van der Waals surface area (Å²) in [7, 11) is 4.26. The lowest BCUT2D eigenvalue weighted by Gasteiger charge is -2.19. The smallest absolute Gasteiger partial charge is 0.435 e. The molecule has 0 aliphatic carbocycles. The van der Waals surface area contributed by atoms with Crippen LogP contribution in [0.25, 0.3) is 0 Å². The zero-order valence-corrected chi connectivity index (χ0v) is 12.9. The number of hydrogen-bond acceptors (Lipinski definition) is 3. The minimum atomic E-state index is -4.68. The molecule has 0 radical (unpaired) electrons. The molecule has 0 unspecified atom stereocenters. The number of aryl methyl sites for hydroxylation is 1. The Hall–Kier alpha value is -2.51. The van der Waals surface area contributed by atoms with Crippen molar-refractivity contribution in [3.8, 4) is 5.75 Å². The second-order valence-corrected chi connectivity index (χ2v) is 5.04. The Labute approximate surface area is 131 Å². The number of carbonyl (C=O) groups is 1. The number of para-hydroxylation sites is 1. The molecule has 2 rings (SSSR count). The molecule has 8 heteroatoms. The lowest BCUT2D eigenvalue weighted by atomic mass is 10.1. The highest BCUT2D eigenvalue weighted by atomic mass is 19.4. The number of nitrogens with zero attached hydrogens (tertiary/aromatic N) is 3. The van der Waals surface area contributed by atoms with Crippen LogP contribution in [0.15, 0.2) is 30.5 Å². The molecule has 1 amide bonds. The van der Waals surface area contributed by atoms with Gasteiger partial charge in [-0.25, -0.2) is 0 Å². The van der Waals surface area contributed by atoms with Crippen molar-refractivity contribution in [2.24, 2.45) is 7.05 Å². The van der Waals surface area contributed by atoms with Crippen molar-refractivity contribution < 1.29 is 22.7 Å². The number of rotatable bonds is 4. The third-order valence-corrected chi connectivity index (χ3v) is 3.27. The summed E-state index contributed by atoms with van der Waals surface area (Å²) in [4.78, 5) is 13.6. The first-order valence-electron chi connectivity index (χ1n) is 6.72. The molecule has 0 fully saturated rings. The van der Waals surface area contributed by atoms with Crippen LogP contribution in [0.5, 0.6) is 5.75 Å². The lowest BCUT2D eigenvalue weighted by molar-refractivity contribution is -0.141. The molecular formula is C15H16F3N3O2. The van der Waals surface area contributed by atoms with Crippen LogP contribution in [0.4, 0.5) is 13.2 Å². The van der Waals surface area contributed by atoms with E-state index in [2.05, 4.69) is 5.10 Å². The standard InChI is InChI=1S/C15H16F3N3O2/c1-20(8-10-6-4-5-7-12(10)23-3)14(22)11-9-21(2)19-13(11)15(16,17)18/h4-7,9H,8H2,1-3H3. The molecule has 1 heterocycles. The second kappa shape index (κ2) is 6.31. The average molecular weight is 327 g/mol. The van der Waals surface area contributed by atoms with Crippen LogP contribution in [-0.2, 0) is 19.8 Å². The highest BCUT2D eigenvalue weighted by Crippen LogP contribution is 2.31. The molecule has 0 saturated carbocycles. The summed E-state index contributed by atoms with van der Waals surface area (Å²) in [6, 6.07) is 7.00. The van der Waals surface area contributed by atoms with Crippen LogP contribution < -0.4 is 4.74 Å². The largest absolute Gasteiger partial charge is 0.496 e. The molecule has 0 aliphatic rings. The van der Waals surface area contributed by atoms with E-state index in [0.29, 0.717) is 11.3 Å². The van der Waals surface area contributed by atoms with Crippen LogP contribution >= 0.6 is 0 Å². The predicted molar refractivity (Wildman–Crippen MR) is 77.0 cm³/mol. The van der Waals surface area contributed by atoms with E-state index in [1.54, 1.807) is 24.3 Å².